The molecule has 0 radical (unpaired) electrons. The van der Waals surface area contributed by atoms with Crippen LogP contribution in [0, 0.1) is 0 Å². The minimum atomic E-state index is -0.277. The summed E-state index contributed by atoms with van der Waals surface area (Å²) < 4.78 is 10.6. The van der Waals surface area contributed by atoms with E-state index in [1.165, 1.54) is 0 Å². The van der Waals surface area contributed by atoms with Gasteiger partial charge in [-0.2, -0.15) is 0 Å². The molecule has 0 aliphatic carbocycles. The lowest BCUT2D eigenvalue weighted by Gasteiger charge is -2.18. The van der Waals surface area contributed by atoms with Gasteiger partial charge in [0, 0.05) is 13.1 Å². The molecule has 0 aromatic carbocycles. The fraction of sp³-hybridized carbons (Fsp3) is 0.909. The summed E-state index contributed by atoms with van der Waals surface area (Å²) in [5.74, 6) is -0.104. The van der Waals surface area contributed by atoms with Gasteiger partial charge in [0.15, 0.2) is 0 Å². The molecule has 0 aliphatic rings. The predicted octanol–water partition coefficient (Wildman–Crippen LogP) is 0.154. The van der Waals surface area contributed by atoms with E-state index in [1.807, 2.05) is 27.8 Å². The molecule has 96 valence electrons. The molecule has 5 nitrogen and oxygen atoms in total. The number of nitrogens with one attached hydrogen (secondary N) is 2. The maximum atomic E-state index is 11.3. The topological polar surface area (TPSA) is 59.6 Å². The molecule has 0 saturated heterocycles. The molecular formula is C11H24N2O3. The number of ether oxygens (including phenoxy) is 2. The van der Waals surface area contributed by atoms with Gasteiger partial charge in [0.2, 0.25) is 5.91 Å². The summed E-state index contributed by atoms with van der Waals surface area (Å²) in [6.45, 7) is 8.38. The van der Waals surface area contributed by atoms with Gasteiger partial charge < -0.3 is 20.1 Å². The second-order valence-electron chi connectivity index (χ2n) is 4.47. The van der Waals surface area contributed by atoms with Crippen LogP contribution in [0.5, 0.6) is 0 Å². The lowest BCUT2D eigenvalue weighted by molar-refractivity contribution is -0.130. The van der Waals surface area contributed by atoms with Crippen LogP contribution < -0.4 is 10.6 Å². The summed E-state index contributed by atoms with van der Waals surface area (Å²) in [4.78, 5) is 11.3. The zero-order valence-electron chi connectivity index (χ0n) is 10.8. The number of likely N-dealkylation sites (N-methyl/N-ethyl adjacent to an activating group) is 1. The van der Waals surface area contributed by atoms with E-state index in [0.717, 1.165) is 6.54 Å². The lowest BCUT2D eigenvalue weighted by atomic mass is 10.2. The molecule has 0 aromatic rings. The number of rotatable bonds is 8. The predicted molar refractivity (Wildman–Crippen MR) is 63.5 cm³/mol. The van der Waals surface area contributed by atoms with Gasteiger partial charge in [-0.05, 0) is 27.8 Å². The zero-order valence-corrected chi connectivity index (χ0v) is 10.8. The summed E-state index contributed by atoms with van der Waals surface area (Å²) in [7, 11) is 1.87. The third-order valence-electron chi connectivity index (χ3n) is 1.70. The van der Waals surface area contributed by atoms with Gasteiger partial charge in [-0.25, -0.2) is 0 Å². The van der Waals surface area contributed by atoms with Gasteiger partial charge in [-0.15, -0.1) is 0 Å². The molecule has 0 aliphatic heterocycles. The van der Waals surface area contributed by atoms with Crippen LogP contribution in [0.4, 0.5) is 0 Å². The van der Waals surface area contributed by atoms with Crippen LogP contribution in [-0.4, -0.2) is 51.5 Å². The summed E-state index contributed by atoms with van der Waals surface area (Å²) in [6, 6.07) is 0. The molecule has 1 amide bonds. The molecule has 0 rings (SSSR count). The molecule has 0 fully saturated rings. The molecule has 5 heteroatoms. The zero-order chi connectivity index (χ0) is 12.4. The van der Waals surface area contributed by atoms with E-state index in [-0.39, 0.29) is 18.1 Å². The largest absolute Gasteiger partial charge is 0.378 e. The second-order valence-corrected chi connectivity index (χ2v) is 4.47. The quantitative estimate of drug-likeness (QED) is 0.585. The molecular weight excluding hydrogens is 208 g/mol. The van der Waals surface area contributed by atoms with Crippen LogP contribution in [0.25, 0.3) is 0 Å². The first-order chi connectivity index (χ1) is 7.45. The van der Waals surface area contributed by atoms with Crippen LogP contribution in [-0.2, 0) is 14.3 Å². The van der Waals surface area contributed by atoms with E-state index in [1.54, 1.807) is 0 Å². The third kappa shape index (κ3) is 11.4. The van der Waals surface area contributed by atoms with Crippen molar-refractivity contribution in [3.63, 3.8) is 0 Å². The third-order valence-corrected chi connectivity index (χ3v) is 1.70. The Hall–Kier alpha value is -0.650. The Labute approximate surface area is 97.9 Å². The summed E-state index contributed by atoms with van der Waals surface area (Å²) >= 11 is 0. The van der Waals surface area contributed by atoms with Crippen molar-refractivity contribution < 1.29 is 14.3 Å². The SMILES string of the molecule is CNCCOCCNC(=O)COC(C)(C)C. The van der Waals surface area contributed by atoms with Crippen LogP contribution in [0.3, 0.4) is 0 Å². The molecule has 0 atom stereocenters. The summed E-state index contributed by atoms with van der Waals surface area (Å²) in [5.41, 5.74) is -0.277. The van der Waals surface area contributed by atoms with Gasteiger partial charge in [0.25, 0.3) is 0 Å². The Morgan fingerprint density at radius 3 is 2.38 bits per heavy atom. The van der Waals surface area contributed by atoms with Crippen molar-refractivity contribution >= 4 is 5.91 Å². The number of amides is 1. The molecule has 0 spiro atoms. The highest BCUT2D eigenvalue weighted by Crippen LogP contribution is 2.05. The first-order valence-electron chi connectivity index (χ1n) is 5.58. The first-order valence-corrected chi connectivity index (χ1v) is 5.58. The van der Waals surface area contributed by atoms with E-state index < -0.39 is 0 Å². The van der Waals surface area contributed by atoms with E-state index >= 15 is 0 Å². The van der Waals surface area contributed by atoms with Crippen molar-refractivity contribution in [3.8, 4) is 0 Å². The Kier molecular flexibility index (Phi) is 8.15. The monoisotopic (exact) mass is 232 g/mol. The number of carbonyl (C=O) groups excluding carboxylic acids is 1. The Balaban J connectivity index is 3.31. The lowest BCUT2D eigenvalue weighted by Crippen LogP contribution is -2.34. The van der Waals surface area contributed by atoms with Crippen LogP contribution in [0.1, 0.15) is 20.8 Å². The van der Waals surface area contributed by atoms with E-state index in [4.69, 9.17) is 9.47 Å². The van der Waals surface area contributed by atoms with Gasteiger partial charge in [0.05, 0.1) is 18.8 Å². The van der Waals surface area contributed by atoms with E-state index in [9.17, 15) is 4.79 Å². The number of hydrogen-bond donors (Lipinski definition) is 2. The van der Waals surface area contributed by atoms with Crippen LogP contribution >= 0.6 is 0 Å². The molecule has 0 aromatic heterocycles. The Morgan fingerprint density at radius 1 is 1.19 bits per heavy atom. The van der Waals surface area contributed by atoms with Crippen LogP contribution in [0.2, 0.25) is 0 Å². The molecule has 2 N–H and O–H groups in total. The Bertz CT molecular complexity index is 190. The van der Waals surface area contributed by atoms with Crippen molar-refractivity contribution in [2.45, 2.75) is 26.4 Å². The minimum absolute atomic E-state index is 0.0972. The standard InChI is InChI=1S/C11H24N2O3/c1-11(2,3)16-9-10(14)13-6-8-15-7-5-12-4/h12H,5-9H2,1-4H3,(H,13,14). The molecule has 0 heterocycles. The molecule has 0 saturated carbocycles. The first kappa shape index (κ1) is 15.3. The Morgan fingerprint density at radius 2 is 1.81 bits per heavy atom. The van der Waals surface area contributed by atoms with Crippen molar-refractivity contribution in [1.29, 1.82) is 0 Å². The molecule has 0 bridgehead atoms. The highest BCUT2D eigenvalue weighted by molar-refractivity contribution is 5.77. The normalized spacial score (nSPS) is 11.5. The van der Waals surface area contributed by atoms with Gasteiger partial charge in [0.1, 0.15) is 6.61 Å². The van der Waals surface area contributed by atoms with Crippen molar-refractivity contribution in [3.05, 3.63) is 0 Å². The fourth-order valence-corrected chi connectivity index (χ4v) is 0.872. The van der Waals surface area contributed by atoms with Gasteiger partial charge in [-0.1, -0.05) is 0 Å². The summed E-state index contributed by atoms with van der Waals surface area (Å²) in [6.07, 6.45) is 0. The average molecular weight is 232 g/mol. The maximum absolute atomic E-state index is 11.3. The second kappa shape index (κ2) is 8.50. The van der Waals surface area contributed by atoms with Gasteiger partial charge in [-0.3, -0.25) is 4.79 Å². The van der Waals surface area contributed by atoms with Gasteiger partial charge >= 0.3 is 0 Å². The fourth-order valence-electron chi connectivity index (χ4n) is 0.872. The molecule has 0 unspecified atom stereocenters. The summed E-state index contributed by atoms with van der Waals surface area (Å²) in [5, 5.41) is 5.69. The molecule has 16 heavy (non-hydrogen) atoms. The van der Waals surface area contributed by atoms with Crippen LogP contribution in [0.15, 0.2) is 0 Å². The number of hydrogen-bond acceptors (Lipinski definition) is 4. The average Bonchev–Trinajstić information content (AvgIpc) is 2.19. The number of carbonyl (C=O) groups is 1. The van der Waals surface area contributed by atoms with Crippen molar-refractivity contribution in [2.24, 2.45) is 0 Å². The van der Waals surface area contributed by atoms with E-state index in [2.05, 4.69) is 10.6 Å². The van der Waals surface area contributed by atoms with Crippen molar-refractivity contribution in [1.82, 2.24) is 10.6 Å². The minimum Gasteiger partial charge on any atom is -0.378 e. The maximum Gasteiger partial charge on any atom is 0.246 e. The smallest absolute Gasteiger partial charge is 0.246 e. The highest BCUT2D eigenvalue weighted by Gasteiger charge is 2.12. The highest BCUT2D eigenvalue weighted by atomic mass is 16.5. The van der Waals surface area contributed by atoms with E-state index in [0.29, 0.717) is 19.8 Å². The van der Waals surface area contributed by atoms with Crippen molar-refractivity contribution in [2.75, 3.05) is 40.0 Å².